The Bertz CT molecular complexity index is 2250. The Balaban J connectivity index is 1.66. The summed E-state index contributed by atoms with van der Waals surface area (Å²) in [6.45, 7) is 3.78. The number of hydrogen-bond acceptors (Lipinski definition) is 6. The van der Waals surface area contributed by atoms with Crippen LogP contribution in [-0.4, -0.2) is 54.3 Å². The lowest BCUT2D eigenvalue weighted by Gasteiger charge is -2.46. The molecule has 2 unspecified atom stereocenters. The van der Waals surface area contributed by atoms with Gasteiger partial charge in [0.2, 0.25) is 0 Å². The molecule has 0 aromatic heterocycles. The normalized spacial score (nSPS) is 17.8. The van der Waals surface area contributed by atoms with E-state index in [-0.39, 0.29) is 6.04 Å². The number of benzene rings is 5. The van der Waals surface area contributed by atoms with Crippen LogP contribution >= 0.6 is 0 Å². The summed E-state index contributed by atoms with van der Waals surface area (Å²) >= 11 is 0. The van der Waals surface area contributed by atoms with Gasteiger partial charge in [-0.1, -0.05) is 158 Å². The van der Waals surface area contributed by atoms with E-state index in [1.807, 2.05) is 18.2 Å². The molecule has 0 spiro atoms. The van der Waals surface area contributed by atoms with E-state index >= 15 is 0 Å². The van der Waals surface area contributed by atoms with E-state index in [2.05, 4.69) is 189 Å². The smallest absolute Gasteiger partial charge is 0.257 e. The van der Waals surface area contributed by atoms with E-state index in [1.54, 1.807) is 0 Å². The second-order valence-corrected chi connectivity index (χ2v) is 15.0. The summed E-state index contributed by atoms with van der Waals surface area (Å²) in [6.07, 6.45) is 8.43. The topological polar surface area (TPSA) is 60.5 Å². The predicted octanol–water partition coefficient (Wildman–Crippen LogP) is 9.69. The largest absolute Gasteiger partial charge is 0.397 e. The van der Waals surface area contributed by atoms with Gasteiger partial charge < -0.3 is 20.4 Å². The fourth-order valence-corrected chi connectivity index (χ4v) is 7.91. The minimum atomic E-state index is -1.26. The molecule has 1 aliphatic heterocycles. The molecule has 5 aromatic rings. The van der Waals surface area contributed by atoms with Gasteiger partial charge in [0.15, 0.2) is 0 Å². The Labute approximate surface area is 327 Å². The van der Waals surface area contributed by atoms with Crippen molar-refractivity contribution in [3.8, 4) is 0 Å². The second kappa shape index (κ2) is 16.7. The third-order valence-corrected chi connectivity index (χ3v) is 10.3. The van der Waals surface area contributed by atoms with Crippen LogP contribution in [0, 0.1) is 0 Å². The average Bonchev–Trinajstić information content (AvgIpc) is 3.62. The lowest BCUT2D eigenvalue weighted by atomic mass is 9.91. The molecule has 1 aliphatic carbocycles. The van der Waals surface area contributed by atoms with Gasteiger partial charge in [-0.25, -0.2) is 9.98 Å². The number of hydrogen-bond donors (Lipinski definition) is 1. The van der Waals surface area contributed by atoms with Crippen LogP contribution in [0.15, 0.2) is 173 Å². The zero-order chi connectivity index (χ0) is 38.4. The highest BCUT2D eigenvalue weighted by Gasteiger charge is 2.49. The Kier molecular flexibility index (Phi) is 11.4. The molecule has 0 saturated heterocycles. The highest BCUT2D eigenvalue weighted by Crippen LogP contribution is 2.50. The molecular weight excluding hydrogens is 673 g/mol. The first kappa shape index (κ1) is 37.5. The van der Waals surface area contributed by atoms with Crippen LogP contribution in [0.1, 0.15) is 64.8 Å². The zero-order valence-electron chi connectivity index (χ0n) is 32.7. The monoisotopic (exact) mass is 724 g/mol. The highest BCUT2D eigenvalue weighted by molar-refractivity contribution is 6.54. The SMILES string of the molecule is CC(c1ccccc1CN(C)C)N(/C(=C(\N)c1ccccc1)c1ccccc1)C1(c2ccccc2CN(C)C)N=C(C2=CC=CCC2)C(c2ccccc2)=N1. The molecule has 0 radical (unpaired) electrons. The molecule has 6 heteroatoms. The highest BCUT2D eigenvalue weighted by atomic mass is 15.4. The molecule has 55 heavy (non-hydrogen) atoms. The lowest BCUT2D eigenvalue weighted by Crippen LogP contribution is -2.45. The Morgan fingerprint density at radius 2 is 1.20 bits per heavy atom. The first-order chi connectivity index (χ1) is 26.8. The van der Waals surface area contributed by atoms with Crippen molar-refractivity contribution < 1.29 is 0 Å². The van der Waals surface area contributed by atoms with Crippen LogP contribution in [0.3, 0.4) is 0 Å². The van der Waals surface area contributed by atoms with Gasteiger partial charge in [-0.2, -0.15) is 0 Å². The fraction of sp³-hybridized carbons (Fsp3) is 0.224. The molecule has 0 fully saturated rings. The summed E-state index contributed by atoms with van der Waals surface area (Å²) in [5.74, 6) is -1.26. The molecule has 2 atom stereocenters. The molecule has 5 aromatic carbocycles. The van der Waals surface area contributed by atoms with Gasteiger partial charge in [0, 0.05) is 29.8 Å². The summed E-state index contributed by atoms with van der Waals surface area (Å²) < 4.78 is 0. The summed E-state index contributed by atoms with van der Waals surface area (Å²) in [5, 5.41) is 0. The van der Waals surface area contributed by atoms with Gasteiger partial charge >= 0.3 is 0 Å². The molecule has 0 amide bonds. The van der Waals surface area contributed by atoms with E-state index in [4.69, 9.17) is 15.7 Å². The van der Waals surface area contributed by atoms with Crippen molar-refractivity contribution in [1.29, 1.82) is 0 Å². The third-order valence-electron chi connectivity index (χ3n) is 10.3. The quantitative estimate of drug-likeness (QED) is 0.123. The van der Waals surface area contributed by atoms with Crippen LogP contribution in [-0.2, 0) is 18.9 Å². The third kappa shape index (κ3) is 7.88. The number of rotatable bonds is 13. The number of nitrogens with zero attached hydrogens (tertiary/aromatic N) is 5. The standard InChI is InChI=1S/C49H52N6/c1-36(43-32-20-18-30-41(43)34-53(2)3)55(48(40-28-16-9-17-29-40)45(50)37-22-10-6-11-23-37)49(44-33-21-19-31-42(44)35-54(4)5)51-46(38-24-12-7-13-25-38)47(52-49)39-26-14-8-15-27-39/h6-14,16-26,28-33,36H,15,27,34-35,50H2,1-5H3/b48-45-. The van der Waals surface area contributed by atoms with Crippen LogP contribution in [0.5, 0.6) is 0 Å². The lowest BCUT2D eigenvalue weighted by molar-refractivity contribution is 0.133. The van der Waals surface area contributed by atoms with Crippen molar-refractivity contribution in [2.75, 3.05) is 28.2 Å². The first-order valence-corrected chi connectivity index (χ1v) is 19.2. The molecular formula is C49H52N6. The number of aliphatic imine (C=N–C) groups is 2. The molecule has 0 saturated carbocycles. The summed E-state index contributed by atoms with van der Waals surface area (Å²) in [5.41, 5.74) is 19.6. The van der Waals surface area contributed by atoms with E-state index in [1.165, 1.54) is 16.7 Å². The minimum absolute atomic E-state index is 0.245. The Hall–Kier alpha value is -5.82. The maximum absolute atomic E-state index is 7.56. The van der Waals surface area contributed by atoms with E-state index in [0.29, 0.717) is 12.2 Å². The molecule has 278 valence electrons. The van der Waals surface area contributed by atoms with E-state index in [9.17, 15) is 0 Å². The molecule has 6 nitrogen and oxygen atoms in total. The van der Waals surface area contributed by atoms with Gasteiger partial charge in [-0.3, -0.25) is 0 Å². The Morgan fingerprint density at radius 3 is 1.84 bits per heavy atom. The molecule has 2 N–H and O–H groups in total. The molecule has 2 aliphatic rings. The number of nitrogens with two attached hydrogens (primary N) is 1. The van der Waals surface area contributed by atoms with Crippen LogP contribution in [0.4, 0.5) is 0 Å². The molecule has 0 bridgehead atoms. The summed E-state index contributed by atoms with van der Waals surface area (Å²) in [4.78, 5) is 18.9. The Morgan fingerprint density at radius 1 is 0.655 bits per heavy atom. The summed E-state index contributed by atoms with van der Waals surface area (Å²) in [6, 6.07) is 48.6. The first-order valence-electron chi connectivity index (χ1n) is 19.2. The van der Waals surface area contributed by atoms with Crippen molar-refractivity contribution in [3.63, 3.8) is 0 Å². The fourth-order valence-electron chi connectivity index (χ4n) is 7.91. The maximum Gasteiger partial charge on any atom is 0.257 e. The zero-order valence-corrected chi connectivity index (χ0v) is 32.7. The average molecular weight is 725 g/mol. The van der Waals surface area contributed by atoms with Crippen LogP contribution in [0.2, 0.25) is 0 Å². The molecule has 7 rings (SSSR count). The van der Waals surface area contributed by atoms with Crippen molar-refractivity contribution >= 4 is 22.8 Å². The summed E-state index contributed by atoms with van der Waals surface area (Å²) in [7, 11) is 8.48. The van der Waals surface area contributed by atoms with Crippen molar-refractivity contribution in [1.82, 2.24) is 14.7 Å². The minimum Gasteiger partial charge on any atom is -0.397 e. The van der Waals surface area contributed by atoms with Gasteiger partial charge in [0.05, 0.1) is 28.9 Å². The van der Waals surface area contributed by atoms with Gasteiger partial charge in [-0.05, 0) is 75.8 Å². The van der Waals surface area contributed by atoms with Crippen LogP contribution < -0.4 is 5.73 Å². The van der Waals surface area contributed by atoms with Gasteiger partial charge in [0.1, 0.15) is 0 Å². The van der Waals surface area contributed by atoms with E-state index in [0.717, 1.165) is 64.3 Å². The van der Waals surface area contributed by atoms with E-state index < -0.39 is 5.79 Å². The van der Waals surface area contributed by atoms with Crippen molar-refractivity contribution in [2.45, 2.75) is 44.7 Å². The van der Waals surface area contributed by atoms with Crippen LogP contribution in [0.25, 0.3) is 11.4 Å². The number of allylic oxidation sites excluding steroid dienone is 4. The predicted molar refractivity (Wildman–Crippen MR) is 230 cm³/mol. The molecule has 1 heterocycles. The maximum atomic E-state index is 7.56. The van der Waals surface area contributed by atoms with Crippen molar-refractivity contribution in [3.05, 3.63) is 202 Å². The van der Waals surface area contributed by atoms with Gasteiger partial charge in [-0.15, -0.1) is 0 Å². The second-order valence-electron chi connectivity index (χ2n) is 15.0. The van der Waals surface area contributed by atoms with Crippen molar-refractivity contribution in [2.24, 2.45) is 15.7 Å². The van der Waals surface area contributed by atoms with Gasteiger partial charge in [0.25, 0.3) is 5.79 Å².